The molecule has 1 saturated heterocycles. The molecule has 0 radical (unpaired) electrons. The highest BCUT2D eigenvalue weighted by Crippen LogP contribution is 2.33. The third-order valence-corrected chi connectivity index (χ3v) is 5.00. The standard InChI is InChI=1S/C19H19N3OS/c1-14-12-22(17(13-23-14)15-8-4-2-5-9-15)19-20-18(21-24-19)16-10-6-3-7-11-16/h2-11,14,17H,12-13H2,1H3. The van der Waals surface area contributed by atoms with Gasteiger partial charge in [-0.2, -0.15) is 9.36 Å². The van der Waals surface area contributed by atoms with Crippen LogP contribution in [0.5, 0.6) is 0 Å². The summed E-state index contributed by atoms with van der Waals surface area (Å²) in [6, 6.07) is 20.8. The van der Waals surface area contributed by atoms with Crippen molar-refractivity contribution in [3.05, 3.63) is 66.2 Å². The van der Waals surface area contributed by atoms with Gasteiger partial charge < -0.3 is 9.64 Å². The quantitative estimate of drug-likeness (QED) is 0.719. The maximum absolute atomic E-state index is 5.90. The third kappa shape index (κ3) is 3.05. The van der Waals surface area contributed by atoms with Crippen molar-refractivity contribution in [2.24, 2.45) is 0 Å². The lowest BCUT2D eigenvalue weighted by atomic mass is 10.0. The van der Waals surface area contributed by atoms with E-state index in [2.05, 4.69) is 40.5 Å². The second kappa shape index (κ2) is 6.71. The minimum absolute atomic E-state index is 0.180. The minimum atomic E-state index is 0.180. The summed E-state index contributed by atoms with van der Waals surface area (Å²) >= 11 is 1.46. The van der Waals surface area contributed by atoms with E-state index in [-0.39, 0.29) is 12.1 Å². The molecule has 2 unspecified atom stereocenters. The van der Waals surface area contributed by atoms with Crippen LogP contribution in [0.15, 0.2) is 60.7 Å². The van der Waals surface area contributed by atoms with Crippen LogP contribution in [0.1, 0.15) is 18.5 Å². The number of aromatic nitrogens is 2. The number of hydrogen-bond donors (Lipinski definition) is 0. The lowest BCUT2D eigenvalue weighted by molar-refractivity contribution is 0.0303. The number of morpholine rings is 1. The molecular formula is C19H19N3OS. The highest BCUT2D eigenvalue weighted by Gasteiger charge is 2.30. The van der Waals surface area contributed by atoms with Crippen LogP contribution in [0.25, 0.3) is 11.4 Å². The van der Waals surface area contributed by atoms with Crippen LogP contribution in [-0.2, 0) is 4.74 Å². The monoisotopic (exact) mass is 337 g/mol. The van der Waals surface area contributed by atoms with E-state index in [1.165, 1.54) is 17.1 Å². The van der Waals surface area contributed by atoms with Gasteiger partial charge in [-0.1, -0.05) is 60.7 Å². The van der Waals surface area contributed by atoms with Crippen molar-refractivity contribution in [1.29, 1.82) is 0 Å². The molecule has 1 aliphatic rings. The second-order valence-corrected chi connectivity index (χ2v) is 6.72. The van der Waals surface area contributed by atoms with E-state index in [0.29, 0.717) is 6.61 Å². The highest BCUT2D eigenvalue weighted by molar-refractivity contribution is 7.09. The first-order valence-electron chi connectivity index (χ1n) is 8.13. The van der Waals surface area contributed by atoms with Gasteiger partial charge in [0.15, 0.2) is 5.82 Å². The van der Waals surface area contributed by atoms with Crippen molar-refractivity contribution in [1.82, 2.24) is 9.36 Å². The van der Waals surface area contributed by atoms with Gasteiger partial charge in [0.05, 0.1) is 18.8 Å². The molecule has 2 heterocycles. The molecule has 122 valence electrons. The fraction of sp³-hybridized carbons (Fsp3) is 0.263. The number of nitrogens with zero attached hydrogens (tertiary/aromatic N) is 3. The summed E-state index contributed by atoms with van der Waals surface area (Å²) in [5, 5.41) is 0.956. The van der Waals surface area contributed by atoms with Gasteiger partial charge in [0, 0.05) is 23.6 Å². The highest BCUT2D eigenvalue weighted by atomic mass is 32.1. The topological polar surface area (TPSA) is 38.2 Å². The van der Waals surface area contributed by atoms with Crippen LogP contribution in [0.4, 0.5) is 5.13 Å². The lowest BCUT2D eigenvalue weighted by Gasteiger charge is -2.38. The van der Waals surface area contributed by atoms with Crippen LogP contribution in [-0.4, -0.2) is 28.6 Å². The molecule has 0 saturated carbocycles. The van der Waals surface area contributed by atoms with Crippen molar-refractivity contribution in [2.45, 2.75) is 19.1 Å². The van der Waals surface area contributed by atoms with Gasteiger partial charge in [0.1, 0.15) is 0 Å². The Balaban J connectivity index is 1.66. The molecule has 2 aromatic carbocycles. The van der Waals surface area contributed by atoms with Gasteiger partial charge in [0.2, 0.25) is 5.13 Å². The van der Waals surface area contributed by atoms with Crippen LogP contribution < -0.4 is 4.90 Å². The fourth-order valence-corrected chi connectivity index (χ4v) is 3.75. The summed E-state index contributed by atoms with van der Waals surface area (Å²) in [4.78, 5) is 7.12. The zero-order valence-electron chi connectivity index (χ0n) is 13.5. The molecule has 4 rings (SSSR count). The van der Waals surface area contributed by atoms with Crippen LogP contribution in [0.2, 0.25) is 0 Å². The molecular weight excluding hydrogens is 318 g/mol. The van der Waals surface area contributed by atoms with Crippen LogP contribution >= 0.6 is 11.5 Å². The summed E-state index contributed by atoms with van der Waals surface area (Å²) in [6.45, 7) is 3.60. The predicted octanol–water partition coefficient (Wildman–Crippen LogP) is 4.17. The molecule has 0 bridgehead atoms. The fourth-order valence-electron chi connectivity index (χ4n) is 3.00. The predicted molar refractivity (Wildman–Crippen MR) is 97.3 cm³/mol. The Kier molecular flexibility index (Phi) is 4.28. The van der Waals surface area contributed by atoms with Crippen molar-refractivity contribution < 1.29 is 4.74 Å². The first kappa shape index (κ1) is 15.3. The smallest absolute Gasteiger partial charge is 0.206 e. The Morgan fingerprint density at radius 1 is 1.04 bits per heavy atom. The molecule has 24 heavy (non-hydrogen) atoms. The van der Waals surface area contributed by atoms with E-state index in [0.717, 1.165) is 23.1 Å². The Labute approximate surface area is 145 Å². The third-order valence-electron chi connectivity index (χ3n) is 4.25. The molecule has 0 spiro atoms. The average molecular weight is 337 g/mol. The van der Waals surface area contributed by atoms with Crippen LogP contribution in [0.3, 0.4) is 0 Å². The van der Waals surface area contributed by atoms with Gasteiger partial charge in [0.25, 0.3) is 0 Å². The summed E-state index contributed by atoms with van der Waals surface area (Å²) in [7, 11) is 0. The normalized spacial score (nSPS) is 21.0. The minimum Gasteiger partial charge on any atom is -0.374 e. The molecule has 0 aliphatic carbocycles. The Morgan fingerprint density at radius 3 is 2.50 bits per heavy atom. The SMILES string of the molecule is CC1CN(c2nc(-c3ccccc3)ns2)C(c2ccccc2)CO1. The van der Waals surface area contributed by atoms with E-state index in [9.17, 15) is 0 Å². The maximum atomic E-state index is 5.90. The molecule has 3 aromatic rings. The zero-order chi connectivity index (χ0) is 16.4. The first-order valence-corrected chi connectivity index (χ1v) is 8.91. The van der Waals surface area contributed by atoms with Crippen LogP contribution in [0, 0.1) is 0 Å². The molecule has 0 amide bonds. The van der Waals surface area contributed by atoms with Gasteiger partial charge in [-0.05, 0) is 12.5 Å². The number of rotatable bonds is 3. The average Bonchev–Trinajstić information content (AvgIpc) is 3.13. The van der Waals surface area contributed by atoms with Gasteiger partial charge in [-0.25, -0.2) is 0 Å². The summed E-state index contributed by atoms with van der Waals surface area (Å²) in [6.07, 6.45) is 0.189. The Hall–Kier alpha value is -2.24. The first-order chi connectivity index (χ1) is 11.8. The van der Waals surface area contributed by atoms with Gasteiger partial charge in [-0.3, -0.25) is 0 Å². The van der Waals surface area contributed by atoms with Crippen molar-refractivity contribution in [3.8, 4) is 11.4 Å². The lowest BCUT2D eigenvalue weighted by Crippen LogP contribution is -2.43. The van der Waals surface area contributed by atoms with E-state index in [4.69, 9.17) is 9.72 Å². The Bertz CT molecular complexity index is 791. The molecule has 2 atom stereocenters. The molecule has 1 fully saturated rings. The number of anilines is 1. The molecule has 0 N–H and O–H groups in total. The number of hydrogen-bond acceptors (Lipinski definition) is 5. The molecule has 4 nitrogen and oxygen atoms in total. The van der Waals surface area contributed by atoms with E-state index in [1.54, 1.807) is 0 Å². The maximum Gasteiger partial charge on any atom is 0.206 e. The van der Waals surface area contributed by atoms with Gasteiger partial charge in [-0.15, -0.1) is 0 Å². The number of ether oxygens (including phenoxy) is 1. The van der Waals surface area contributed by atoms with Crippen molar-refractivity contribution in [3.63, 3.8) is 0 Å². The van der Waals surface area contributed by atoms with E-state index in [1.807, 2.05) is 36.4 Å². The summed E-state index contributed by atoms with van der Waals surface area (Å²) < 4.78 is 10.5. The largest absolute Gasteiger partial charge is 0.374 e. The molecule has 1 aromatic heterocycles. The zero-order valence-corrected chi connectivity index (χ0v) is 14.3. The molecule has 5 heteroatoms. The van der Waals surface area contributed by atoms with E-state index < -0.39 is 0 Å². The second-order valence-electron chi connectivity index (χ2n) is 5.99. The van der Waals surface area contributed by atoms with E-state index >= 15 is 0 Å². The Morgan fingerprint density at radius 2 is 1.75 bits per heavy atom. The number of benzene rings is 2. The molecule has 1 aliphatic heterocycles. The van der Waals surface area contributed by atoms with Gasteiger partial charge >= 0.3 is 0 Å². The van der Waals surface area contributed by atoms with Crippen molar-refractivity contribution >= 4 is 16.7 Å². The summed E-state index contributed by atoms with van der Waals surface area (Å²) in [5.41, 5.74) is 2.30. The summed E-state index contributed by atoms with van der Waals surface area (Å²) in [5.74, 6) is 0.793. The van der Waals surface area contributed by atoms with Crippen molar-refractivity contribution in [2.75, 3.05) is 18.1 Å².